The molecule has 4 rings (SSSR count). The van der Waals surface area contributed by atoms with Gasteiger partial charge in [-0.15, -0.1) is 0 Å². The SMILES string of the molecule is COC(=O)C12CCCC1CN(c1cnn(-c3ccc(C)c(Cl)c3)c(=O)c1Cl)C2. The summed E-state index contributed by atoms with van der Waals surface area (Å²) in [5.41, 5.74) is 1.09. The van der Waals surface area contributed by atoms with Gasteiger partial charge in [0, 0.05) is 18.1 Å². The summed E-state index contributed by atoms with van der Waals surface area (Å²) in [4.78, 5) is 27.3. The van der Waals surface area contributed by atoms with Crippen LogP contribution in [0, 0.1) is 18.3 Å². The number of esters is 1. The zero-order valence-electron chi connectivity index (χ0n) is 15.7. The van der Waals surface area contributed by atoms with Gasteiger partial charge in [-0.1, -0.05) is 35.7 Å². The summed E-state index contributed by atoms with van der Waals surface area (Å²) in [5, 5.41) is 4.95. The van der Waals surface area contributed by atoms with Crippen LogP contribution in [0.3, 0.4) is 0 Å². The third-order valence-corrected chi connectivity index (χ3v) is 6.87. The molecule has 1 saturated heterocycles. The molecule has 2 atom stereocenters. The Bertz CT molecular complexity index is 1010. The molecule has 0 radical (unpaired) electrons. The van der Waals surface area contributed by atoms with Crippen LogP contribution in [-0.4, -0.2) is 35.9 Å². The quantitative estimate of drug-likeness (QED) is 0.707. The van der Waals surface area contributed by atoms with E-state index in [0.717, 1.165) is 24.8 Å². The minimum atomic E-state index is -0.516. The number of fused-ring (bicyclic) bond motifs is 1. The first kappa shape index (κ1) is 19.3. The number of hydrogen-bond acceptors (Lipinski definition) is 5. The van der Waals surface area contributed by atoms with E-state index in [-0.39, 0.29) is 16.9 Å². The lowest BCUT2D eigenvalue weighted by molar-refractivity contribution is -0.152. The Hall–Kier alpha value is -2.05. The van der Waals surface area contributed by atoms with Gasteiger partial charge < -0.3 is 9.64 Å². The van der Waals surface area contributed by atoms with E-state index in [2.05, 4.69) is 5.10 Å². The lowest BCUT2D eigenvalue weighted by Gasteiger charge is -2.26. The Morgan fingerprint density at radius 3 is 2.86 bits per heavy atom. The number of carbonyl (C=O) groups excluding carboxylic acids is 1. The van der Waals surface area contributed by atoms with Crippen LogP contribution in [0.4, 0.5) is 5.69 Å². The molecule has 0 spiro atoms. The summed E-state index contributed by atoms with van der Waals surface area (Å²) in [6.07, 6.45) is 4.36. The Morgan fingerprint density at radius 2 is 2.14 bits per heavy atom. The Labute approximate surface area is 173 Å². The first-order valence-corrected chi connectivity index (χ1v) is 10.0. The van der Waals surface area contributed by atoms with Gasteiger partial charge >= 0.3 is 5.97 Å². The maximum Gasteiger partial charge on any atom is 0.313 e. The standard InChI is InChI=1S/C20H21Cl2N3O3/c1-12-5-6-14(8-15(12)21)25-18(26)17(22)16(9-23-25)24-10-13-4-3-7-20(13,11-24)19(27)28-2/h5-6,8-9,13H,3-4,7,10-11H2,1-2H3. The number of nitrogens with zero attached hydrogens (tertiary/aromatic N) is 3. The van der Waals surface area contributed by atoms with E-state index in [1.54, 1.807) is 18.3 Å². The smallest absolute Gasteiger partial charge is 0.313 e. The van der Waals surface area contributed by atoms with Crippen LogP contribution in [0.2, 0.25) is 10.0 Å². The zero-order chi connectivity index (χ0) is 20.1. The summed E-state index contributed by atoms with van der Waals surface area (Å²) in [7, 11) is 1.43. The molecule has 2 heterocycles. The molecule has 0 bridgehead atoms. The van der Waals surface area contributed by atoms with Crippen molar-refractivity contribution in [2.75, 3.05) is 25.1 Å². The van der Waals surface area contributed by atoms with Gasteiger partial charge in [-0.2, -0.15) is 9.78 Å². The van der Waals surface area contributed by atoms with Gasteiger partial charge in [-0.25, -0.2) is 0 Å². The predicted molar refractivity (Wildman–Crippen MR) is 109 cm³/mol. The fraction of sp³-hybridized carbons (Fsp3) is 0.450. The van der Waals surface area contributed by atoms with Crippen molar-refractivity contribution in [2.45, 2.75) is 26.2 Å². The summed E-state index contributed by atoms with van der Waals surface area (Å²) in [5.74, 6) is 0.0265. The second-order valence-electron chi connectivity index (χ2n) is 7.61. The van der Waals surface area contributed by atoms with Gasteiger partial charge in [0.1, 0.15) is 5.02 Å². The van der Waals surface area contributed by atoms with Crippen molar-refractivity contribution in [2.24, 2.45) is 11.3 Å². The highest BCUT2D eigenvalue weighted by Crippen LogP contribution is 2.50. The lowest BCUT2D eigenvalue weighted by Crippen LogP contribution is -2.37. The van der Waals surface area contributed by atoms with Crippen LogP contribution >= 0.6 is 23.2 Å². The molecule has 0 amide bonds. The van der Waals surface area contributed by atoms with Gasteiger partial charge in [0.05, 0.1) is 30.1 Å². The van der Waals surface area contributed by atoms with Crippen molar-refractivity contribution in [1.82, 2.24) is 9.78 Å². The molecule has 1 aliphatic carbocycles. The van der Waals surface area contributed by atoms with Crippen LogP contribution in [0.25, 0.3) is 5.69 Å². The maximum absolute atomic E-state index is 12.9. The van der Waals surface area contributed by atoms with Crippen LogP contribution in [-0.2, 0) is 9.53 Å². The van der Waals surface area contributed by atoms with Crippen molar-refractivity contribution in [1.29, 1.82) is 0 Å². The van der Waals surface area contributed by atoms with Crippen molar-refractivity contribution in [3.8, 4) is 5.69 Å². The fourth-order valence-corrected chi connectivity index (χ4v) is 4.97. The number of carbonyl (C=O) groups is 1. The van der Waals surface area contributed by atoms with E-state index >= 15 is 0 Å². The molecule has 2 unspecified atom stereocenters. The molecular weight excluding hydrogens is 401 g/mol. The average Bonchev–Trinajstić information content (AvgIpc) is 3.24. The minimum absolute atomic E-state index is 0.0895. The number of benzene rings is 1. The number of aromatic nitrogens is 2. The number of ether oxygens (including phenoxy) is 1. The van der Waals surface area contributed by atoms with Crippen LogP contribution < -0.4 is 10.5 Å². The molecule has 1 aliphatic heterocycles. The number of hydrogen-bond donors (Lipinski definition) is 0. The molecule has 1 aromatic carbocycles. The molecule has 0 N–H and O–H groups in total. The predicted octanol–water partition coefficient (Wildman–Crippen LogP) is 3.63. The monoisotopic (exact) mass is 421 g/mol. The molecule has 1 aromatic heterocycles. The van der Waals surface area contributed by atoms with Gasteiger partial charge in [0.25, 0.3) is 5.56 Å². The van der Waals surface area contributed by atoms with Crippen molar-refractivity contribution in [3.63, 3.8) is 0 Å². The molecule has 6 nitrogen and oxygen atoms in total. The zero-order valence-corrected chi connectivity index (χ0v) is 17.3. The Balaban J connectivity index is 1.69. The number of aryl methyl sites for hydroxylation is 1. The molecule has 8 heteroatoms. The van der Waals surface area contributed by atoms with Gasteiger partial charge in [0.2, 0.25) is 0 Å². The van der Waals surface area contributed by atoms with E-state index in [1.165, 1.54) is 11.8 Å². The van der Waals surface area contributed by atoms with E-state index < -0.39 is 11.0 Å². The molecule has 28 heavy (non-hydrogen) atoms. The molecular formula is C20H21Cl2N3O3. The number of halogens is 2. The molecule has 2 aromatic rings. The summed E-state index contributed by atoms with van der Waals surface area (Å²) >= 11 is 12.6. The van der Waals surface area contributed by atoms with Crippen molar-refractivity contribution in [3.05, 3.63) is 50.4 Å². The van der Waals surface area contributed by atoms with Gasteiger partial charge in [-0.05, 0) is 43.4 Å². The second-order valence-corrected chi connectivity index (χ2v) is 8.40. The van der Waals surface area contributed by atoms with Crippen LogP contribution in [0.15, 0.2) is 29.2 Å². The third-order valence-electron chi connectivity index (χ3n) is 6.10. The Morgan fingerprint density at radius 1 is 1.36 bits per heavy atom. The molecule has 1 saturated carbocycles. The van der Waals surface area contributed by atoms with Crippen molar-refractivity contribution < 1.29 is 9.53 Å². The summed E-state index contributed by atoms with van der Waals surface area (Å²) in [6, 6.07) is 5.29. The highest BCUT2D eigenvalue weighted by molar-refractivity contribution is 6.33. The number of methoxy groups -OCH3 is 1. The normalized spacial score (nSPS) is 23.7. The van der Waals surface area contributed by atoms with E-state index in [9.17, 15) is 9.59 Å². The second kappa shape index (κ2) is 7.08. The van der Waals surface area contributed by atoms with Crippen molar-refractivity contribution >= 4 is 34.9 Å². The van der Waals surface area contributed by atoms with Crippen LogP contribution in [0.1, 0.15) is 24.8 Å². The summed E-state index contributed by atoms with van der Waals surface area (Å²) < 4.78 is 6.32. The average molecular weight is 422 g/mol. The van der Waals surface area contributed by atoms with E-state index in [0.29, 0.717) is 29.5 Å². The van der Waals surface area contributed by atoms with Gasteiger partial charge in [-0.3, -0.25) is 9.59 Å². The lowest BCUT2D eigenvalue weighted by atomic mass is 9.81. The number of anilines is 1. The summed E-state index contributed by atoms with van der Waals surface area (Å²) in [6.45, 7) is 3.04. The molecule has 2 fully saturated rings. The topological polar surface area (TPSA) is 64.4 Å². The minimum Gasteiger partial charge on any atom is -0.469 e. The molecule has 148 valence electrons. The highest BCUT2D eigenvalue weighted by atomic mass is 35.5. The van der Waals surface area contributed by atoms with E-state index in [1.807, 2.05) is 17.9 Å². The fourth-order valence-electron chi connectivity index (χ4n) is 4.55. The number of rotatable bonds is 3. The third kappa shape index (κ3) is 2.90. The first-order chi connectivity index (χ1) is 13.4. The first-order valence-electron chi connectivity index (χ1n) is 9.25. The maximum atomic E-state index is 12.9. The Kier molecular flexibility index (Phi) is 4.88. The van der Waals surface area contributed by atoms with Gasteiger partial charge in [0.15, 0.2) is 0 Å². The van der Waals surface area contributed by atoms with Crippen LogP contribution in [0.5, 0.6) is 0 Å². The largest absolute Gasteiger partial charge is 0.469 e. The highest BCUT2D eigenvalue weighted by Gasteiger charge is 2.55. The molecule has 2 aliphatic rings. The van der Waals surface area contributed by atoms with E-state index in [4.69, 9.17) is 27.9 Å².